The highest BCUT2D eigenvalue weighted by Crippen LogP contribution is 2.20. The Kier molecular flexibility index (Phi) is 5.81. The predicted octanol–water partition coefficient (Wildman–Crippen LogP) is 3.43. The average Bonchev–Trinajstić information content (AvgIpc) is 2.79. The molecule has 1 N–H and O–H groups in total. The van der Waals surface area contributed by atoms with Crippen LogP contribution in [0.15, 0.2) is 71.9 Å². The van der Waals surface area contributed by atoms with Gasteiger partial charge in [0.15, 0.2) is 5.65 Å². The van der Waals surface area contributed by atoms with Crippen LogP contribution in [-0.2, 0) is 6.54 Å². The van der Waals surface area contributed by atoms with Gasteiger partial charge in [-0.15, -0.1) is 0 Å². The Balaban J connectivity index is 1.76. The SMILES string of the molecule is CCOc1ccc(-n2c([C@@H](C)NCc3cccnc3)nc3ncccc3c2=O)cc1. The first-order chi connectivity index (χ1) is 14.7. The molecular formula is C23H23N5O2. The molecule has 4 rings (SSSR count). The summed E-state index contributed by atoms with van der Waals surface area (Å²) >= 11 is 0. The molecule has 0 fully saturated rings. The van der Waals surface area contributed by atoms with Crippen molar-refractivity contribution in [1.29, 1.82) is 0 Å². The van der Waals surface area contributed by atoms with Gasteiger partial charge in [0.1, 0.15) is 11.6 Å². The number of aromatic nitrogens is 4. The van der Waals surface area contributed by atoms with Gasteiger partial charge in [-0.1, -0.05) is 6.07 Å². The molecule has 0 aliphatic heterocycles. The van der Waals surface area contributed by atoms with E-state index in [4.69, 9.17) is 9.72 Å². The molecule has 0 saturated carbocycles. The predicted molar refractivity (Wildman–Crippen MR) is 116 cm³/mol. The standard InChI is InChI=1S/C23H23N5O2/c1-3-30-19-10-8-18(9-11-19)28-22(16(2)26-15-17-6-4-12-24-14-17)27-21-20(23(28)29)7-5-13-25-21/h4-14,16,26H,3,15H2,1-2H3/t16-/m1/s1. The Labute approximate surface area is 174 Å². The second-order valence-corrected chi connectivity index (χ2v) is 6.88. The summed E-state index contributed by atoms with van der Waals surface area (Å²) in [5.74, 6) is 1.35. The van der Waals surface area contributed by atoms with Crippen molar-refractivity contribution in [1.82, 2.24) is 24.8 Å². The molecule has 0 aliphatic rings. The van der Waals surface area contributed by atoms with Crippen LogP contribution in [0.5, 0.6) is 5.75 Å². The van der Waals surface area contributed by atoms with Gasteiger partial charge in [-0.05, 0) is 61.9 Å². The molecule has 0 radical (unpaired) electrons. The largest absolute Gasteiger partial charge is 0.494 e. The zero-order chi connectivity index (χ0) is 20.9. The van der Waals surface area contributed by atoms with Crippen molar-refractivity contribution in [2.45, 2.75) is 26.4 Å². The van der Waals surface area contributed by atoms with E-state index < -0.39 is 0 Å². The van der Waals surface area contributed by atoms with Crippen LogP contribution in [0, 0.1) is 0 Å². The molecule has 1 aromatic carbocycles. The van der Waals surface area contributed by atoms with Gasteiger partial charge in [0.25, 0.3) is 5.56 Å². The fraction of sp³-hybridized carbons (Fsp3) is 0.217. The smallest absolute Gasteiger partial charge is 0.267 e. The van der Waals surface area contributed by atoms with E-state index in [0.717, 1.165) is 17.0 Å². The van der Waals surface area contributed by atoms with Gasteiger partial charge in [0, 0.05) is 25.1 Å². The summed E-state index contributed by atoms with van der Waals surface area (Å²) < 4.78 is 7.17. The van der Waals surface area contributed by atoms with E-state index in [-0.39, 0.29) is 11.6 Å². The number of nitrogens with one attached hydrogen (secondary N) is 1. The number of benzene rings is 1. The molecule has 0 aliphatic carbocycles. The summed E-state index contributed by atoms with van der Waals surface area (Å²) in [7, 11) is 0. The Morgan fingerprint density at radius 2 is 1.90 bits per heavy atom. The molecule has 7 heteroatoms. The van der Waals surface area contributed by atoms with E-state index in [1.165, 1.54) is 0 Å². The number of hydrogen-bond donors (Lipinski definition) is 1. The van der Waals surface area contributed by atoms with Gasteiger partial charge in [0.2, 0.25) is 0 Å². The van der Waals surface area contributed by atoms with Crippen molar-refractivity contribution in [2.75, 3.05) is 6.61 Å². The Morgan fingerprint density at radius 1 is 1.10 bits per heavy atom. The fourth-order valence-corrected chi connectivity index (χ4v) is 3.30. The monoisotopic (exact) mass is 401 g/mol. The second-order valence-electron chi connectivity index (χ2n) is 6.88. The second kappa shape index (κ2) is 8.84. The van der Waals surface area contributed by atoms with Gasteiger partial charge in [-0.3, -0.25) is 14.3 Å². The molecule has 0 spiro atoms. The molecule has 1 atom stereocenters. The molecule has 4 aromatic rings. The molecule has 3 aromatic heterocycles. The molecule has 7 nitrogen and oxygen atoms in total. The zero-order valence-electron chi connectivity index (χ0n) is 16.9. The van der Waals surface area contributed by atoms with Crippen molar-refractivity contribution in [3.63, 3.8) is 0 Å². The summed E-state index contributed by atoms with van der Waals surface area (Å²) in [6.45, 7) is 5.11. The highest BCUT2D eigenvalue weighted by atomic mass is 16.5. The summed E-state index contributed by atoms with van der Waals surface area (Å²) in [5, 5.41) is 3.92. The van der Waals surface area contributed by atoms with E-state index in [1.807, 2.05) is 56.4 Å². The van der Waals surface area contributed by atoms with Crippen LogP contribution in [0.3, 0.4) is 0 Å². The summed E-state index contributed by atoms with van der Waals surface area (Å²) in [6, 6.07) is 14.7. The van der Waals surface area contributed by atoms with Gasteiger partial charge in [-0.25, -0.2) is 9.97 Å². The third-order valence-electron chi connectivity index (χ3n) is 4.80. The van der Waals surface area contributed by atoms with E-state index in [2.05, 4.69) is 15.3 Å². The lowest BCUT2D eigenvalue weighted by Crippen LogP contribution is -2.30. The number of nitrogens with zero attached hydrogens (tertiary/aromatic N) is 4. The molecule has 0 bridgehead atoms. The van der Waals surface area contributed by atoms with Crippen molar-refractivity contribution in [3.8, 4) is 11.4 Å². The highest BCUT2D eigenvalue weighted by molar-refractivity contribution is 5.73. The summed E-state index contributed by atoms with van der Waals surface area (Å²) in [6.07, 6.45) is 5.20. The van der Waals surface area contributed by atoms with Gasteiger partial charge in [0.05, 0.1) is 23.7 Å². The number of rotatable bonds is 7. The van der Waals surface area contributed by atoms with E-state index in [9.17, 15) is 4.79 Å². The molecule has 0 amide bonds. The Hall–Kier alpha value is -3.58. The van der Waals surface area contributed by atoms with Crippen LogP contribution in [0.2, 0.25) is 0 Å². The van der Waals surface area contributed by atoms with Crippen LogP contribution in [0.25, 0.3) is 16.7 Å². The quantitative estimate of drug-likeness (QED) is 0.511. The van der Waals surface area contributed by atoms with Gasteiger partial charge >= 0.3 is 0 Å². The van der Waals surface area contributed by atoms with Crippen LogP contribution >= 0.6 is 0 Å². The number of fused-ring (bicyclic) bond motifs is 1. The van der Waals surface area contributed by atoms with Crippen molar-refractivity contribution < 1.29 is 4.74 Å². The molecule has 30 heavy (non-hydrogen) atoms. The van der Waals surface area contributed by atoms with E-state index >= 15 is 0 Å². The molecule has 0 saturated heterocycles. The maximum Gasteiger partial charge on any atom is 0.267 e. The topological polar surface area (TPSA) is 81.9 Å². The first kappa shape index (κ1) is 19.7. The van der Waals surface area contributed by atoms with Gasteiger partial charge in [-0.2, -0.15) is 0 Å². The normalized spacial score (nSPS) is 12.1. The zero-order valence-corrected chi connectivity index (χ0v) is 16.9. The summed E-state index contributed by atoms with van der Waals surface area (Å²) in [4.78, 5) is 26.5. The lowest BCUT2D eigenvalue weighted by molar-refractivity contribution is 0.340. The third kappa shape index (κ3) is 4.06. The van der Waals surface area contributed by atoms with Crippen LogP contribution in [-0.4, -0.2) is 26.1 Å². The van der Waals surface area contributed by atoms with Crippen LogP contribution in [0.1, 0.15) is 31.3 Å². The molecule has 3 heterocycles. The highest BCUT2D eigenvalue weighted by Gasteiger charge is 2.18. The van der Waals surface area contributed by atoms with E-state index in [0.29, 0.717) is 30.0 Å². The van der Waals surface area contributed by atoms with Gasteiger partial charge < -0.3 is 10.1 Å². The Morgan fingerprint density at radius 3 is 2.63 bits per heavy atom. The maximum atomic E-state index is 13.4. The minimum absolute atomic E-state index is 0.151. The average molecular weight is 401 g/mol. The Bertz CT molecular complexity index is 1190. The number of pyridine rings is 2. The fourth-order valence-electron chi connectivity index (χ4n) is 3.30. The lowest BCUT2D eigenvalue weighted by Gasteiger charge is -2.19. The first-order valence-corrected chi connectivity index (χ1v) is 9.90. The molecule has 0 unspecified atom stereocenters. The maximum absolute atomic E-state index is 13.4. The van der Waals surface area contributed by atoms with Crippen molar-refractivity contribution in [3.05, 3.63) is 88.9 Å². The molecular weight excluding hydrogens is 378 g/mol. The summed E-state index contributed by atoms with van der Waals surface area (Å²) in [5.41, 5.74) is 2.07. The van der Waals surface area contributed by atoms with Crippen LogP contribution < -0.4 is 15.6 Å². The minimum Gasteiger partial charge on any atom is -0.494 e. The molecule has 152 valence electrons. The third-order valence-corrected chi connectivity index (χ3v) is 4.80. The number of hydrogen-bond acceptors (Lipinski definition) is 6. The van der Waals surface area contributed by atoms with E-state index in [1.54, 1.807) is 29.1 Å². The minimum atomic E-state index is -0.198. The van der Waals surface area contributed by atoms with Crippen LogP contribution in [0.4, 0.5) is 0 Å². The van der Waals surface area contributed by atoms with Crippen molar-refractivity contribution >= 4 is 11.0 Å². The first-order valence-electron chi connectivity index (χ1n) is 9.90. The lowest BCUT2D eigenvalue weighted by atomic mass is 10.2. The van der Waals surface area contributed by atoms with Crippen molar-refractivity contribution in [2.24, 2.45) is 0 Å². The number of ether oxygens (including phenoxy) is 1.